The van der Waals surface area contributed by atoms with Gasteiger partial charge in [0.15, 0.2) is 0 Å². The van der Waals surface area contributed by atoms with Crippen LogP contribution >= 0.6 is 0 Å². The van der Waals surface area contributed by atoms with Crippen LogP contribution in [-0.2, 0) is 9.47 Å². The Hall–Kier alpha value is -0.160. The zero-order valence-electron chi connectivity index (χ0n) is 17.4. The summed E-state index contributed by atoms with van der Waals surface area (Å²) in [7, 11) is 0. The predicted octanol–water partition coefficient (Wildman–Crippen LogP) is 3.93. The molecule has 0 radical (unpaired) electrons. The Morgan fingerprint density at radius 2 is 1.21 bits per heavy atom. The summed E-state index contributed by atoms with van der Waals surface area (Å²) in [5, 5.41) is 20.4. The maximum Gasteiger partial charge on any atom is 0.0834 e. The van der Waals surface area contributed by atoms with E-state index in [1.165, 1.54) is 38.5 Å². The highest BCUT2D eigenvalue weighted by Crippen LogP contribution is 2.62. The molecule has 0 amide bonds. The standard InChI is InChI=1S/C24H40O4/c25-20-5-1-3-7-22(20)27-13-15-9-10-18-19-12-16(24(15)18)11-17(19)14-28-23-8-4-2-6-21(23)26/h15-26H,1-14H2. The lowest BCUT2D eigenvalue weighted by Crippen LogP contribution is -2.37. The molecule has 5 fully saturated rings. The van der Waals surface area contributed by atoms with Gasteiger partial charge in [0.2, 0.25) is 0 Å². The van der Waals surface area contributed by atoms with Gasteiger partial charge in [0.05, 0.1) is 37.6 Å². The van der Waals surface area contributed by atoms with E-state index in [0.29, 0.717) is 0 Å². The zero-order chi connectivity index (χ0) is 19.1. The Kier molecular flexibility index (Phi) is 6.03. The van der Waals surface area contributed by atoms with Gasteiger partial charge in [-0.3, -0.25) is 0 Å². The normalized spacial score (nSPS) is 50.8. The van der Waals surface area contributed by atoms with Crippen molar-refractivity contribution in [2.75, 3.05) is 13.2 Å². The van der Waals surface area contributed by atoms with Crippen LogP contribution in [0.3, 0.4) is 0 Å². The van der Waals surface area contributed by atoms with E-state index < -0.39 is 0 Å². The maximum atomic E-state index is 10.2. The molecule has 10 unspecified atom stereocenters. The van der Waals surface area contributed by atoms with Crippen molar-refractivity contribution in [1.29, 1.82) is 0 Å². The number of hydrogen-bond donors (Lipinski definition) is 2. The number of hydrogen-bond acceptors (Lipinski definition) is 4. The molecule has 2 bridgehead atoms. The van der Waals surface area contributed by atoms with Crippen LogP contribution in [0.25, 0.3) is 0 Å². The van der Waals surface area contributed by atoms with Gasteiger partial charge in [0, 0.05) is 0 Å². The van der Waals surface area contributed by atoms with Gasteiger partial charge in [0.25, 0.3) is 0 Å². The molecule has 5 rings (SSSR count). The molecule has 0 aliphatic heterocycles. The first-order valence-electron chi connectivity index (χ1n) is 12.3. The van der Waals surface area contributed by atoms with Crippen molar-refractivity contribution >= 4 is 0 Å². The fourth-order valence-corrected chi connectivity index (χ4v) is 7.84. The van der Waals surface area contributed by atoms with E-state index in [-0.39, 0.29) is 24.4 Å². The third-order valence-corrected chi connectivity index (χ3v) is 9.17. The van der Waals surface area contributed by atoms with Gasteiger partial charge >= 0.3 is 0 Å². The summed E-state index contributed by atoms with van der Waals surface area (Å²) < 4.78 is 12.5. The molecule has 0 aromatic rings. The van der Waals surface area contributed by atoms with Crippen molar-refractivity contribution in [3.8, 4) is 0 Å². The van der Waals surface area contributed by atoms with Crippen LogP contribution in [0.1, 0.15) is 77.0 Å². The van der Waals surface area contributed by atoms with Crippen molar-refractivity contribution in [3.63, 3.8) is 0 Å². The lowest BCUT2D eigenvalue weighted by molar-refractivity contribution is -0.0834. The highest BCUT2D eigenvalue weighted by molar-refractivity contribution is 5.05. The Labute approximate surface area is 170 Å². The lowest BCUT2D eigenvalue weighted by atomic mass is 9.73. The van der Waals surface area contributed by atoms with Crippen molar-refractivity contribution in [2.45, 2.75) is 101 Å². The fraction of sp³-hybridized carbons (Fsp3) is 1.00. The largest absolute Gasteiger partial charge is 0.390 e. The summed E-state index contributed by atoms with van der Waals surface area (Å²) in [6.07, 6.45) is 13.8. The summed E-state index contributed by atoms with van der Waals surface area (Å²) >= 11 is 0. The van der Waals surface area contributed by atoms with E-state index in [1.807, 2.05) is 0 Å². The van der Waals surface area contributed by atoms with Crippen LogP contribution in [0.5, 0.6) is 0 Å². The lowest BCUT2D eigenvalue weighted by Gasteiger charge is -2.36. The quantitative estimate of drug-likeness (QED) is 0.719. The van der Waals surface area contributed by atoms with Crippen LogP contribution in [0.4, 0.5) is 0 Å². The number of fused-ring (bicyclic) bond motifs is 5. The summed E-state index contributed by atoms with van der Waals surface area (Å²) in [5.41, 5.74) is 0. The highest BCUT2D eigenvalue weighted by Gasteiger charge is 2.57. The van der Waals surface area contributed by atoms with E-state index in [9.17, 15) is 10.2 Å². The van der Waals surface area contributed by atoms with Crippen LogP contribution < -0.4 is 0 Å². The molecule has 0 aromatic carbocycles. The zero-order valence-corrected chi connectivity index (χ0v) is 17.4. The molecular weight excluding hydrogens is 352 g/mol. The summed E-state index contributed by atoms with van der Waals surface area (Å²) in [6.45, 7) is 1.75. The predicted molar refractivity (Wildman–Crippen MR) is 108 cm³/mol. The van der Waals surface area contributed by atoms with E-state index in [2.05, 4.69) is 0 Å². The monoisotopic (exact) mass is 392 g/mol. The number of aliphatic hydroxyl groups is 2. The number of ether oxygens (including phenoxy) is 2. The van der Waals surface area contributed by atoms with Crippen molar-refractivity contribution in [1.82, 2.24) is 0 Å². The third kappa shape index (κ3) is 3.79. The highest BCUT2D eigenvalue weighted by atomic mass is 16.5. The maximum absolute atomic E-state index is 10.2. The minimum Gasteiger partial charge on any atom is -0.390 e. The van der Waals surface area contributed by atoms with Crippen molar-refractivity contribution < 1.29 is 19.7 Å². The molecule has 0 saturated heterocycles. The molecule has 5 aliphatic rings. The average Bonchev–Trinajstić information content (AvgIpc) is 3.39. The van der Waals surface area contributed by atoms with Gasteiger partial charge in [-0.1, -0.05) is 25.7 Å². The molecule has 10 atom stereocenters. The topological polar surface area (TPSA) is 58.9 Å². The summed E-state index contributed by atoms with van der Waals surface area (Å²) in [4.78, 5) is 0. The molecule has 5 saturated carbocycles. The van der Waals surface area contributed by atoms with E-state index in [4.69, 9.17) is 9.47 Å². The molecule has 4 nitrogen and oxygen atoms in total. The van der Waals surface area contributed by atoms with Gasteiger partial charge in [-0.2, -0.15) is 0 Å². The number of rotatable bonds is 6. The SMILES string of the molecule is OC1CCCCC1OCC1CC2CC1C1CCC(COC3CCCCC3O)C21. The van der Waals surface area contributed by atoms with Crippen LogP contribution in [0, 0.1) is 35.5 Å². The third-order valence-electron chi connectivity index (χ3n) is 9.17. The van der Waals surface area contributed by atoms with Crippen LogP contribution in [-0.4, -0.2) is 47.8 Å². The molecule has 2 N–H and O–H groups in total. The van der Waals surface area contributed by atoms with Crippen LogP contribution in [0.2, 0.25) is 0 Å². The van der Waals surface area contributed by atoms with Crippen molar-refractivity contribution in [2.24, 2.45) is 35.5 Å². The Balaban J connectivity index is 1.11. The molecule has 0 spiro atoms. The van der Waals surface area contributed by atoms with Gasteiger partial charge in [0.1, 0.15) is 0 Å². The van der Waals surface area contributed by atoms with Crippen molar-refractivity contribution in [3.05, 3.63) is 0 Å². The average molecular weight is 393 g/mol. The molecule has 0 heterocycles. The first kappa shape index (κ1) is 19.8. The Morgan fingerprint density at radius 3 is 1.86 bits per heavy atom. The van der Waals surface area contributed by atoms with Crippen LogP contribution in [0.15, 0.2) is 0 Å². The molecule has 4 heteroatoms. The van der Waals surface area contributed by atoms with Gasteiger partial charge in [-0.15, -0.1) is 0 Å². The second-order valence-corrected chi connectivity index (χ2v) is 10.7. The van der Waals surface area contributed by atoms with E-state index in [1.54, 1.807) is 0 Å². The second kappa shape index (κ2) is 8.53. The molecular formula is C24H40O4. The fourth-order valence-electron chi connectivity index (χ4n) is 7.84. The Morgan fingerprint density at radius 1 is 0.607 bits per heavy atom. The van der Waals surface area contributed by atoms with Gasteiger partial charge in [-0.05, 0) is 86.9 Å². The molecule has 0 aromatic heterocycles. The minimum atomic E-state index is -0.234. The smallest absolute Gasteiger partial charge is 0.0834 e. The first-order valence-corrected chi connectivity index (χ1v) is 12.3. The first-order chi connectivity index (χ1) is 13.7. The number of aliphatic hydroxyl groups excluding tert-OH is 2. The molecule has 160 valence electrons. The van der Waals surface area contributed by atoms with Gasteiger partial charge < -0.3 is 19.7 Å². The molecule has 5 aliphatic carbocycles. The summed E-state index contributed by atoms with van der Waals surface area (Å²) in [6, 6.07) is 0. The van der Waals surface area contributed by atoms with E-state index in [0.717, 1.165) is 87.2 Å². The minimum absolute atomic E-state index is 0.0921. The summed E-state index contributed by atoms with van der Waals surface area (Å²) in [5.74, 6) is 4.90. The van der Waals surface area contributed by atoms with Gasteiger partial charge in [-0.25, -0.2) is 0 Å². The second-order valence-electron chi connectivity index (χ2n) is 10.7. The molecule has 28 heavy (non-hydrogen) atoms. The Bertz CT molecular complexity index is 525. The van der Waals surface area contributed by atoms with E-state index >= 15 is 0 Å².